The third-order valence-corrected chi connectivity index (χ3v) is 4.01. The van der Waals surface area contributed by atoms with Gasteiger partial charge in [-0.25, -0.2) is 0 Å². The standard InChI is InChI=1S/C16H19NOS/c1-12(2)13-5-7-14(8-6-13)16(18)17-10-9-15-4-3-11-19-15/h3-8,11-12H,9-10H2,1-2H3,(H,17,18). The molecule has 0 aliphatic heterocycles. The Morgan fingerprint density at radius 3 is 2.53 bits per heavy atom. The van der Waals surface area contributed by atoms with Crippen molar-refractivity contribution in [3.63, 3.8) is 0 Å². The van der Waals surface area contributed by atoms with Crippen molar-refractivity contribution in [2.45, 2.75) is 26.2 Å². The fraction of sp³-hybridized carbons (Fsp3) is 0.312. The van der Waals surface area contributed by atoms with Gasteiger partial charge in [0, 0.05) is 17.0 Å². The van der Waals surface area contributed by atoms with Gasteiger partial charge in [-0.05, 0) is 41.5 Å². The molecule has 1 aromatic heterocycles. The van der Waals surface area contributed by atoms with Crippen molar-refractivity contribution in [2.24, 2.45) is 0 Å². The van der Waals surface area contributed by atoms with E-state index < -0.39 is 0 Å². The van der Waals surface area contributed by atoms with Gasteiger partial charge < -0.3 is 5.32 Å². The summed E-state index contributed by atoms with van der Waals surface area (Å²) < 4.78 is 0. The summed E-state index contributed by atoms with van der Waals surface area (Å²) in [6, 6.07) is 12.0. The summed E-state index contributed by atoms with van der Waals surface area (Å²) in [6.45, 7) is 4.98. The lowest BCUT2D eigenvalue weighted by Gasteiger charge is -2.07. The van der Waals surface area contributed by atoms with E-state index in [9.17, 15) is 4.79 Å². The third kappa shape index (κ3) is 3.93. The van der Waals surface area contributed by atoms with E-state index in [-0.39, 0.29) is 5.91 Å². The summed E-state index contributed by atoms with van der Waals surface area (Å²) in [7, 11) is 0. The Kier molecular flexibility index (Phi) is 4.74. The van der Waals surface area contributed by atoms with Crippen LogP contribution < -0.4 is 5.32 Å². The molecule has 0 radical (unpaired) electrons. The second-order valence-electron chi connectivity index (χ2n) is 4.86. The number of carbonyl (C=O) groups is 1. The van der Waals surface area contributed by atoms with Crippen LogP contribution in [0.25, 0.3) is 0 Å². The van der Waals surface area contributed by atoms with E-state index in [1.54, 1.807) is 11.3 Å². The molecular formula is C16H19NOS. The molecule has 1 amide bonds. The smallest absolute Gasteiger partial charge is 0.251 e. The van der Waals surface area contributed by atoms with Crippen LogP contribution in [0.4, 0.5) is 0 Å². The van der Waals surface area contributed by atoms with Crippen LogP contribution in [-0.4, -0.2) is 12.5 Å². The van der Waals surface area contributed by atoms with Crippen molar-refractivity contribution >= 4 is 17.2 Å². The maximum atomic E-state index is 11.9. The number of thiophene rings is 1. The van der Waals surface area contributed by atoms with Crippen molar-refractivity contribution in [2.75, 3.05) is 6.54 Å². The first kappa shape index (κ1) is 13.8. The number of carbonyl (C=O) groups excluding carboxylic acids is 1. The quantitative estimate of drug-likeness (QED) is 0.881. The Morgan fingerprint density at radius 2 is 1.95 bits per heavy atom. The lowest BCUT2D eigenvalue weighted by atomic mass is 10.0. The molecule has 2 nitrogen and oxygen atoms in total. The number of hydrogen-bond acceptors (Lipinski definition) is 2. The number of hydrogen-bond donors (Lipinski definition) is 1. The predicted octanol–water partition coefficient (Wildman–Crippen LogP) is 3.84. The van der Waals surface area contributed by atoms with Crippen molar-refractivity contribution in [1.29, 1.82) is 0 Å². The molecule has 1 N–H and O–H groups in total. The first-order valence-corrected chi connectivity index (χ1v) is 7.45. The fourth-order valence-electron chi connectivity index (χ4n) is 1.88. The highest BCUT2D eigenvalue weighted by Crippen LogP contribution is 2.14. The van der Waals surface area contributed by atoms with Crippen molar-refractivity contribution < 1.29 is 4.79 Å². The van der Waals surface area contributed by atoms with Crippen LogP contribution in [0, 0.1) is 0 Å². The van der Waals surface area contributed by atoms with Crippen LogP contribution in [-0.2, 0) is 6.42 Å². The third-order valence-electron chi connectivity index (χ3n) is 3.08. The highest BCUT2D eigenvalue weighted by Gasteiger charge is 2.06. The zero-order valence-electron chi connectivity index (χ0n) is 11.3. The van der Waals surface area contributed by atoms with Gasteiger partial charge in [-0.1, -0.05) is 32.0 Å². The number of rotatable bonds is 5. The number of benzene rings is 1. The Balaban J connectivity index is 1.85. The summed E-state index contributed by atoms with van der Waals surface area (Å²) >= 11 is 1.72. The second-order valence-corrected chi connectivity index (χ2v) is 5.89. The maximum Gasteiger partial charge on any atom is 0.251 e. The molecular weight excluding hydrogens is 254 g/mol. The minimum absolute atomic E-state index is 0.00635. The van der Waals surface area contributed by atoms with E-state index >= 15 is 0 Å². The minimum atomic E-state index is 0.00635. The van der Waals surface area contributed by atoms with E-state index in [0.29, 0.717) is 12.5 Å². The molecule has 2 rings (SSSR count). The molecule has 0 aliphatic carbocycles. The highest BCUT2D eigenvalue weighted by molar-refractivity contribution is 7.09. The van der Waals surface area contributed by atoms with E-state index in [2.05, 4.69) is 30.6 Å². The lowest BCUT2D eigenvalue weighted by molar-refractivity contribution is 0.0954. The van der Waals surface area contributed by atoms with Gasteiger partial charge >= 0.3 is 0 Å². The number of nitrogens with one attached hydrogen (secondary N) is 1. The Morgan fingerprint density at radius 1 is 1.21 bits per heavy atom. The molecule has 1 aromatic carbocycles. The van der Waals surface area contributed by atoms with Gasteiger partial charge in [-0.2, -0.15) is 0 Å². The molecule has 0 atom stereocenters. The van der Waals surface area contributed by atoms with E-state index in [1.165, 1.54) is 10.4 Å². The van der Waals surface area contributed by atoms with Crippen LogP contribution in [0.3, 0.4) is 0 Å². The molecule has 19 heavy (non-hydrogen) atoms. The highest BCUT2D eigenvalue weighted by atomic mass is 32.1. The van der Waals surface area contributed by atoms with Crippen molar-refractivity contribution in [1.82, 2.24) is 5.32 Å². The zero-order valence-corrected chi connectivity index (χ0v) is 12.2. The van der Waals surface area contributed by atoms with Crippen LogP contribution >= 0.6 is 11.3 Å². The molecule has 0 fully saturated rings. The topological polar surface area (TPSA) is 29.1 Å². The van der Waals surface area contributed by atoms with Crippen LogP contribution in [0.1, 0.15) is 40.6 Å². The van der Waals surface area contributed by atoms with Gasteiger partial charge in [0.25, 0.3) is 5.91 Å². The maximum absolute atomic E-state index is 11.9. The SMILES string of the molecule is CC(C)c1ccc(C(=O)NCCc2cccs2)cc1. The van der Waals surface area contributed by atoms with Gasteiger partial charge in [0.05, 0.1) is 0 Å². The minimum Gasteiger partial charge on any atom is -0.352 e. The molecule has 0 saturated heterocycles. The van der Waals surface area contributed by atoms with Gasteiger partial charge in [0.2, 0.25) is 0 Å². The molecule has 2 aromatic rings. The summed E-state index contributed by atoms with van der Waals surface area (Å²) in [5.41, 5.74) is 1.99. The lowest BCUT2D eigenvalue weighted by Crippen LogP contribution is -2.25. The molecule has 100 valence electrons. The van der Waals surface area contributed by atoms with Crippen LogP contribution in [0.5, 0.6) is 0 Å². The van der Waals surface area contributed by atoms with Gasteiger partial charge in [0.1, 0.15) is 0 Å². The molecule has 3 heteroatoms. The summed E-state index contributed by atoms with van der Waals surface area (Å²) in [5.74, 6) is 0.503. The second kappa shape index (κ2) is 6.53. The molecule has 0 aliphatic rings. The number of amides is 1. The molecule has 0 spiro atoms. The largest absolute Gasteiger partial charge is 0.352 e. The van der Waals surface area contributed by atoms with Gasteiger partial charge in [-0.3, -0.25) is 4.79 Å². The Labute approximate surface area is 118 Å². The molecule has 0 unspecified atom stereocenters. The first-order valence-electron chi connectivity index (χ1n) is 6.57. The molecule has 1 heterocycles. The van der Waals surface area contributed by atoms with Crippen molar-refractivity contribution in [3.8, 4) is 0 Å². The van der Waals surface area contributed by atoms with E-state index in [4.69, 9.17) is 0 Å². The molecule has 0 saturated carbocycles. The van der Waals surface area contributed by atoms with E-state index in [0.717, 1.165) is 12.0 Å². The molecule has 0 bridgehead atoms. The monoisotopic (exact) mass is 273 g/mol. The summed E-state index contributed by atoms with van der Waals surface area (Å²) in [5, 5.41) is 5.01. The van der Waals surface area contributed by atoms with Gasteiger partial charge in [0.15, 0.2) is 0 Å². The Bertz CT molecular complexity index is 514. The Hall–Kier alpha value is -1.61. The predicted molar refractivity (Wildman–Crippen MR) is 80.9 cm³/mol. The average Bonchev–Trinajstić information content (AvgIpc) is 2.92. The normalized spacial score (nSPS) is 10.7. The zero-order chi connectivity index (χ0) is 13.7. The van der Waals surface area contributed by atoms with Crippen LogP contribution in [0.2, 0.25) is 0 Å². The fourth-order valence-corrected chi connectivity index (χ4v) is 2.58. The summed E-state index contributed by atoms with van der Waals surface area (Å²) in [4.78, 5) is 13.2. The van der Waals surface area contributed by atoms with E-state index in [1.807, 2.05) is 30.3 Å². The van der Waals surface area contributed by atoms with Crippen molar-refractivity contribution in [3.05, 3.63) is 57.8 Å². The first-order chi connectivity index (χ1) is 9.16. The van der Waals surface area contributed by atoms with Gasteiger partial charge in [-0.15, -0.1) is 11.3 Å². The van der Waals surface area contributed by atoms with Crippen LogP contribution in [0.15, 0.2) is 41.8 Å². The summed E-state index contributed by atoms with van der Waals surface area (Å²) in [6.07, 6.45) is 0.896. The average molecular weight is 273 g/mol.